The Morgan fingerprint density at radius 3 is 2.80 bits per heavy atom. The molecule has 1 fully saturated rings. The fraction of sp³-hybridized carbons (Fsp3) is 0.261. The number of anilines is 2. The third kappa shape index (κ3) is 3.50. The molecule has 0 atom stereocenters. The molecule has 30 heavy (non-hydrogen) atoms. The molecule has 1 N–H and O–H groups in total. The van der Waals surface area contributed by atoms with E-state index in [1.807, 2.05) is 23.6 Å². The Kier molecular flexibility index (Phi) is 4.83. The molecule has 152 valence electrons. The minimum absolute atomic E-state index is 0.0580. The van der Waals surface area contributed by atoms with Crippen LogP contribution in [-0.4, -0.2) is 23.3 Å². The molecule has 3 aromatic rings. The number of nitrogens with zero attached hydrogens (tertiary/aromatic N) is 2. The number of fused-ring (bicyclic) bond motifs is 1. The number of amides is 2. The fourth-order valence-electron chi connectivity index (χ4n) is 3.89. The van der Waals surface area contributed by atoms with Crippen molar-refractivity contribution in [3.8, 4) is 11.3 Å². The topological polar surface area (TPSA) is 62.3 Å². The van der Waals surface area contributed by atoms with Crippen LogP contribution in [0.3, 0.4) is 0 Å². The van der Waals surface area contributed by atoms with Crippen LogP contribution in [-0.2, 0) is 11.2 Å². The van der Waals surface area contributed by atoms with E-state index in [1.165, 1.54) is 23.5 Å². The highest BCUT2D eigenvalue weighted by atomic mass is 32.1. The van der Waals surface area contributed by atoms with Gasteiger partial charge in [-0.3, -0.25) is 9.59 Å². The number of nitrogens with one attached hydrogen (secondary N) is 1. The first-order chi connectivity index (χ1) is 14.6. The molecular weight excluding hydrogens is 401 g/mol. The monoisotopic (exact) mass is 421 g/mol. The van der Waals surface area contributed by atoms with Crippen molar-refractivity contribution < 1.29 is 14.0 Å². The second kappa shape index (κ2) is 7.65. The van der Waals surface area contributed by atoms with Crippen molar-refractivity contribution in [2.24, 2.45) is 5.92 Å². The van der Waals surface area contributed by atoms with Crippen molar-refractivity contribution in [3.63, 3.8) is 0 Å². The third-order valence-electron chi connectivity index (χ3n) is 5.80. The first-order valence-corrected chi connectivity index (χ1v) is 10.9. The maximum absolute atomic E-state index is 13.5. The van der Waals surface area contributed by atoms with Crippen LogP contribution >= 0.6 is 11.3 Å². The summed E-state index contributed by atoms with van der Waals surface area (Å²) in [5.41, 5.74) is 4.01. The number of rotatable bonds is 4. The molecule has 0 radical (unpaired) electrons. The normalized spacial score (nSPS) is 15.6. The predicted molar refractivity (Wildman–Crippen MR) is 115 cm³/mol. The van der Waals surface area contributed by atoms with E-state index in [0.29, 0.717) is 17.2 Å². The number of thiazole rings is 1. The van der Waals surface area contributed by atoms with Crippen LogP contribution in [0.4, 0.5) is 15.2 Å². The lowest BCUT2D eigenvalue weighted by molar-refractivity contribution is -0.122. The Bertz CT molecular complexity index is 1140. The number of aromatic nitrogens is 1. The molecule has 5 nitrogen and oxygen atoms in total. The van der Waals surface area contributed by atoms with Crippen molar-refractivity contribution in [1.29, 1.82) is 0 Å². The number of benzene rings is 2. The second-order valence-electron chi connectivity index (χ2n) is 7.72. The van der Waals surface area contributed by atoms with Gasteiger partial charge in [0.1, 0.15) is 5.82 Å². The zero-order chi connectivity index (χ0) is 20.7. The van der Waals surface area contributed by atoms with Crippen molar-refractivity contribution in [2.75, 3.05) is 16.8 Å². The molecule has 2 aliphatic rings. The van der Waals surface area contributed by atoms with E-state index in [9.17, 15) is 14.0 Å². The lowest BCUT2D eigenvalue weighted by atomic mass is 9.85. The van der Waals surface area contributed by atoms with E-state index in [0.717, 1.165) is 48.2 Å². The number of halogens is 1. The smallest absolute Gasteiger partial charge is 0.258 e. The van der Waals surface area contributed by atoms with Crippen molar-refractivity contribution in [3.05, 3.63) is 64.8 Å². The summed E-state index contributed by atoms with van der Waals surface area (Å²) in [6, 6.07) is 11.7. The Balaban J connectivity index is 1.34. The van der Waals surface area contributed by atoms with Gasteiger partial charge >= 0.3 is 0 Å². The molecule has 2 aromatic carbocycles. The van der Waals surface area contributed by atoms with Crippen LogP contribution in [0.25, 0.3) is 11.3 Å². The van der Waals surface area contributed by atoms with E-state index < -0.39 is 5.82 Å². The summed E-state index contributed by atoms with van der Waals surface area (Å²) >= 11 is 1.42. The summed E-state index contributed by atoms with van der Waals surface area (Å²) in [6.07, 6.45) is 3.77. The number of hydrogen-bond acceptors (Lipinski definition) is 4. The lowest BCUT2D eigenvalue weighted by Gasteiger charge is -2.23. The molecule has 7 heteroatoms. The molecule has 5 rings (SSSR count). The Hall–Kier alpha value is -3.06. The van der Waals surface area contributed by atoms with E-state index in [1.54, 1.807) is 17.0 Å². The molecule has 1 aromatic heterocycles. The van der Waals surface area contributed by atoms with Gasteiger partial charge in [0.15, 0.2) is 5.13 Å². The molecule has 1 aliphatic heterocycles. The van der Waals surface area contributed by atoms with Gasteiger partial charge < -0.3 is 10.2 Å². The third-order valence-corrected chi connectivity index (χ3v) is 6.56. The standard InChI is InChI=1S/C23H20FN3O2S/c24-18-6-2-5-17(12-18)22(29)27-10-9-16-11-15(7-8-20(16)27)19-13-30-23(25-19)26-21(28)14-3-1-4-14/h2,5-8,11-14H,1,3-4,9-10H2,(H,25,26,28). The molecule has 1 aliphatic carbocycles. The maximum Gasteiger partial charge on any atom is 0.258 e. The molecule has 2 amide bonds. The minimum Gasteiger partial charge on any atom is -0.308 e. The molecule has 0 bridgehead atoms. The van der Waals surface area contributed by atoms with Gasteiger partial charge in [0.2, 0.25) is 5.91 Å². The minimum atomic E-state index is -0.417. The molecule has 0 unspecified atom stereocenters. The van der Waals surface area contributed by atoms with E-state index in [2.05, 4.69) is 10.3 Å². The average molecular weight is 421 g/mol. The summed E-state index contributed by atoms with van der Waals surface area (Å²) in [5, 5.41) is 5.47. The van der Waals surface area contributed by atoms with E-state index >= 15 is 0 Å². The highest BCUT2D eigenvalue weighted by molar-refractivity contribution is 7.14. The van der Waals surface area contributed by atoms with Gasteiger partial charge in [-0.25, -0.2) is 9.37 Å². The Labute approximate surface area is 177 Å². The van der Waals surface area contributed by atoms with Gasteiger partial charge in [0.05, 0.1) is 5.69 Å². The quantitative estimate of drug-likeness (QED) is 0.652. The molecule has 0 spiro atoms. The van der Waals surface area contributed by atoms with Gasteiger partial charge in [0, 0.05) is 34.7 Å². The number of carbonyl (C=O) groups is 2. The fourth-order valence-corrected chi connectivity index (χ4v) is 4.61. The number of carbonyl (C=O) groups excluding carboxylic acids is 2. The highest BCUT2D eigenvalue weighted by Gasteiger charge is 2.27. The van der Waals surface area contributed by atoms with Crippen LogP contribution < -0.4 is 10.2 Å². The summed E-state index contributed by atoms with van der Waals surface area (Å²) < 4.78 is 13.5. The van der Waals surface area contributed by atoms with Crippen LogP contribution in [0.15, 0.2) is 47.8 Å². The van der Waals surface area contributed by atoms with Crippen LogP contribution in [0, 0.1) is 11.7 Å². The molecule has 0 saturated heterocycles. The Morgan fingerprint density at radius 1 is 1.17 bits per heavy atom. The maximum atomic E-state index is 13.5. The van der Waals surface area contributed by atoms with Crippen molar-refractivity contribution in [2.45, 2.75) is 25.7 Å². The average Bonchev–Trinajstić information content (AvgIpc) is 3.32. The van der Waals surface area contributed by atoms with Gasteiger partial charge in [-0.1, -0.05) is 18.6 Å². The first-order valence-electron chi connectivity index (χ1n) is 10.1. The van der Waals surface area contributed by atoms with Gasteiger partial charge in [-0.2, -0.15) is 0 Å². The van der Waals surface area contributed by atoms with E-state index in [-0.39, 0.29) is 17.7 Å². The van der Waals surface area contributed by atoms with Crippen molar-refractivity contribution >= 4 is 34.0 Å². The van der Waals surface area contributed by atoms with Crippen LogP contribution in [0.1, 0.15) is 35.2 Å². The second-order valence-corrected chi connectivity index (χ2v) is 8.57. The van der Waals surface area contributed by atoms with Crippen LogP contribution in [0.5, 0.6) is 0 Å². The zero-order valence-electron chi connectivity index (χ0n) is 16.2. The van der Waals surface area contributed by atoms with Crippen LogP contribution in [0.2, 0.25) is 0 Å². The first kappa shape index (κ1) is 18.9. The lowest BCUT2D eigenvalue weighted by Crippen LogP contribution is -2.28. The summed E-state index contributed by atoms with van der Waals surface area (Å²) in [4.78, 5) is 31.2. The molecule has 2 heterocycles. The van der Waals surface area contributed by atoms with Gasteiger partial charge in [-0.15, -0.1) is 11.3 Å². The predicted octanol–water partition coefficient (Wildman–Crippen LogP) is 4.89. The van der Waals surface area contributed by atoms with E-state index in [4.69, 9.17) is 0 Å². The summed E-state index contributed by atoms with van der Waals surface area (Å²) in [6.45, 7) is 0.563. The Morgan fingerprint density at radius 2 is 2.03 bits per heavy atom. The number of hydrogen-bond donors (Lipinski definition) is 1. The summed E-state index contributed by atoms with van der Waals surface area (Å²) in [7, 11) is 0. The molecular formula is C23H20FN3O2S. The SMILES string of the molecule is O=C(Nc1nc(-c2ccc3c(c2)CCN3C(=O)c2cccc(F)c2)cs1)C1CCC1. The molecule has 1 saturated carbocycles. The zero-order valence-corrected chi connectivity index (χ0v) is 17.0. The van der Waals surface area contributed by atoms with Gasteiger partial charge in [0.25, 0.3) is 5.91 Å². The van der Waals surface area contributed by atoms with Crippen molar-refractivity contribution in [1.82, 2.24) is 4.98 Å². The summed E-state index contributed by atoms with van der Waals surface area (Å²) in [5.74, 6) is -0.434. The largest absolute Gasteiger partial charge is 0.308 e. The van der Waals surface area contributed by atoms with Gasteiger partial charge in [-0.05, 0) is 55.2 Å². The highest BCUT2D eigenvalue weighted by Crippen LogP contribution is 2.35.